The maximum absolute atomic E-state index is 12.6. The zero-order chi connectivity index (χ0) is 21.3. The van der Waals surface area contributed by atoms with Gasteiger partial charge >= 0.3 is 0 Å². The first-order valence-corrected chi connectivity index (χ1v) is 10.3. The number of carbonyl (C=O) groups excluding carboxylic acids is 1. The number of furan rings is 1. The second-order valence-electron chi connectivity index (χ2n) is 7.43. The molecule has 5 nitrogen and oxygen atoms in total. The van der Waals surface area contributed by atoms with Crippen molar-refractivity contribution in [3.05, 3.63) is 58.3 Å². The minimum absolute atomic E-state index is 0.245. The summed E-state index contributed by atoms with van der Waals surface area (Å²) in [5.41, 5.74) is 4.40. The fourth-order valence-corrected chi connectivity index (χ4v) is 4.22. The molecular formula is C24H24ClNO4. The maximum atomic E-state index is 12.6. The molecule has 156 valence electrons. The Morgan fingerprint density at radius 2 is 1.87 bits per heavy atom. The zero-order valence-electron chi connectivity index (χ0n) is 17.3. The van der Waals surface area contributed by atoms with Crippen molar-refractivity contribution in [2.75, 3.05) is 19.5 Å². The van der Waals surface area contributed by atoms with E-state index in [4.69, 9.17) is 25.5 Å². The quantitative estimate of drug-likeness (QED) is 0.507. The Morgan fingerprint density at radius 1 is 1.10 bits per heavy atom. The number of benzene rings is 2. The number of anilines is 1. The molecule has 0 radical (unpaired) electrons. The fourth-order valence-electron chi connectivity index (χ4n) is 3.96. The van der Waals surface area contributed by atoms with Gasteiger partial charge in [-0.2, -0.15) is 0 Å². The number of ether oxygens (including phenoxy) is 2. The normalized spacial score (nSPS) is 13.8. The van der Waals surface area contributed by atoms with E-state index in [0.717, 1.165) is 47.1 Å². The van der Waals surface area contributed by atoms with Gasteiger partial charge in [-0.15, -0.1) is 0 Å². The molecular weight excluding hydrogens is 402 g/mol. The molecule has 0 fully saturated rings. The highest BCUT2D eigenvalue weighted by atomic mass is 35.5. The number of halogens is 1. The van der Waals surface area contributed by atoms with Crippen molar-refractivity contribution >= 4 is 39.7 Å². The summed E-state index contributed by atoms with van der Waals surface area (Å²) in [5, 5.41) is 4.38. The van der Waals surface area contributed by atoms with Crippen LogP contribution in [0.3, 0.4) is 0 Å². The molecule has 1 heterocycles. The third kappa shape index (κ3) is 3.90. The van der Waals surface area contributed by atoms with Gasteiger partial charge in [0.25, 0.3) is 0 Å². The summed E-state index contributed by atoms with van der Waals surface area (Å²) >= 11 is 6.14. The van der Waals surface area contributed by atoms with Crippen molar-refractivity contribution in [3.63, 3.8) is 0 Å². The van der Waals surface area contributed by atoms with Gasteiger partial charge in [0.15, 0.2) is 0 Å². The molecule has 6 heteroatoms. The van der Waals surface area contributed by atoms with E-state index in [1.807, 2.05) is 13.0 Å². The molecule has 3 aromatic rings. The van der Waals surface area contributed by atoms with Crippen LogP contribution in [0.2, 0.25) is 5.02 Å². The van der Waals surface area contributed by atoms with E-state index in [2.05, 4.69) is 11.4 Å². The smallest absolute Gasteiger partial charge is 0.248 e. The molecule has 1 aliphatic carbocycles. The largest absolute Gasteiger partial charge is 0.496 e. The van der Waals surface area contributed by atoms with Crippen molar-refractivity contribution in [3.8, 4) is 11.5 Å². The topological polar surface area (TPSA) is 60.7 Å². The number of hydrogen-bond donors (Lipinski definition) is 1. The van der Waals surface area contributed by atoms with Crippen molar-refractivity contribution < 1.29 is 18.7 Å². The number of carbonyl (C=O) groups is 1. The van der Waals surface area contributed by atoms with Crippen molar-refractivity contribution in [1.29, 1.82) is 0 Å². The molecule has 0 aliphatic heterocycles. The first kappa shape index (κ1) is 20.4. The van der Waals surface area contributed by atoms with Crippen LogP contribution in [0.25, 0.3) is 16.5 Å². The standard InChI is InChI=1S/C24H24ClNO4/c1-14(10-24(27)26-15-8-9-21(28-2)19(25)11-15)17-12-18-16-6-4-5-7-20(16)30-23(18)13-22(17)29-3/h8-13H,4-7H2,1-3H3,(H,26,27)/b14-10+. The lowest BCUT2D eigenvalue weighted by Crippen LogP contribution is -2.08. The number of methoxy groups -OCH3 is 2. The van der Waals surface area contributed by atoms with Crippen LogP contribution in [-0.2, 0) is 17.6 Å². The van der Waals surface area contributed by atoms with E-state index >= 15 is 0 Å². The summed E-state index contributed by atoms with van der Waals surface area (Å²) in [6.45, 7) is 1.90. The Morgan fingerprint density at radius 3 is 2.60 bits per heavy atom. The van der Waals surface area contributed by atoms with Crippen molar-refractivity contribution in [2.24, 2.45) is 0 Å². The second kappa shape index (κ2) is 8.44. The molecule has 0 unspecified atom stereocenters. The summed E-state index contributed by atoms with van der Waals surface area (Å²) in [4.78, 5) is 12.6. The molecule has 1 amide bonds. The molecule has 0 saturated heterocycles. The van der Waals surface area contributed by atoms with E-state index in [0.29, 0.717) is 22.2 Å². The summed E-state index contributed by atoms with van der Waals surface area (Å²) in [6, 6.07) is 9.11. The van der Waals surface area contributed by atoms with Crippen LogP contribution in [0, 0.1) is 0 Å². The Labute approximate surface area is 180 Å². The lowest BCUT2D eigenvalue weighted by atomic mass is 9.94. The number of aryl methyl sites for hydroxylation is 2. The molecule has 0 bridgehead atoms. The molecule has 2 aromatic carbocycles. The first-order chi connectivity index (χ1) is 14.5. The van der Waals surface area contributed by atoms with Gasteiger partial charge in [0, 0.05) is 40.8 Å². The Bertz CT molecular complexity index is 1150. The van der Waals surface area contributed by atoms with Gasteiger partial charge in [-0.25, -0.2) is 0 Å². The van der Waals surface area contributed by atoms with Crippen molar-refractivity contribution in [2.45, 2.75) is 32.6 Å². The molecule has 1 aliphatic rings. The number of nitrogens with one attached hydrogen (secondary N) is 1. The molecule has 1 N–H and O–H groups in total. The summed E-state index contributed by atoms with van der Waals surface area (Å²) in [6.07, 6.45) is 5.89. The number of fused-ring (bicyclic) bond motifs is 3. The third-order valence-electron chi connectivity index (χ3n) is 5.47. The Kier molecular flexibility index (Phi) is 5.73. The first-order valence-electron chi connectivity index (χ1n) is 9.95. The van der Waals surface area contributed by atoms with Crippen molar-refractivity contribution in [1.82, 2.24) is 0 Å². The van der Waals surface area contributed by atoms with Crippen LogP contribution < -0.4 is 14.8 Å². The van der Waals surface area contributed by atoms with Gasteiger partial charge in [0.05, 0.1) is 19.2 Å². The number of hydrogen-bond acceptors (Lipinski definition) is 4. The lowest BCUT2D eigenvalue weighted by Gasteiger charge is -2.11. The molecule has 0 spiro atoms. The molecule has 0 atom stereocenters. The van der Waals surface area contributed by atoms with Gasteiger partial charge in [-0.3, -0.25) is 4.79 Å². The number of allylic oxidation sites excluding steroid dienone is 1. The fraction of sp³-hybridized carbons (Fsp3) is 0.292. The van der Waals surface area contributed by atoms with Crippen LogP contribution in [0.5, 0.6) is 11.5 Å². The van der Waals surface area contributed by atoms with E-state index in [9.17, 15) is 4.79 Å². The van der Waals surface area contributed by atoms with Crippen LogP contribution in [0.15, 0.2) is 40.8 Å². The van der Waals surface area contributed by atoms with Gasteiger partial charge in [0.2, 0.25) is 5.91 Å². The predicted molar refractivity (Wildman–Crippen MR) is 120 cm³/mol. The summed E-state index contributed by atoms with van der Waals surface area (Å²) < 4.78 is 16.8. The number of amides is 1. The second-order valence-corrected chi connectivity index (χ2v) is 7.83. The average Bonchev–Trinajstić information content (AvgIpc) is 3.10. The Hall–Kier alpha value is -2.92. The van der Waals surface area contributed by atoms with Gasteiger partial charge in [-0.05, 0) is 56.0 Å². The van der Waals surface area contributed by atoms with Crippen LogP contribution in [-0.4, -0.2) is 20.1 Å². The minimum atomic E-state index is -0.245. The van der Waals surface area contributed by atoms with E-state index < -0.39 is 0 Å². The highest BCUT2D eigenvalue weighted by molar-refractivity contribution is 6.32. The van der Waals surface area contributed by atoms with E-state index in [-0.39, 0.29) is 5.91 Å². The summed E-state index contributed by atoms with van der Waals surface area (Å²) in [7, 11) is 3.17. The SMILES string of the molecule is COc1ccc(NC(=O)/C=C(\C)c2cc3c4c(oc3cc2OC)CCCC4)cc1Cl. The van der Waals surface area contributed by atoms with Crippen LogP contribution >= 0.6 is 11.6 Å². The molecule has 1 aromatic heterocycles. The average molecular weight is 426 g/mol. The highest BCUT2D eigenvalue weighted by Crippen LogP contribution is 2.38. The predicted octanol–water partition coefficient (Wildman–Crippen LogP) is 6.02. The third-order valence-corrected chi connectivity index (χ3v) is 5.76. The molecule has 0 saturated carbocycles. The van der Waals surface area contributed by atoms with Gasteiger partial charge < -0.3 is 19.2 Å². The lowest BCUT2D eigenvalue weighted by molar-refractivity contribution is -0.111. The molecule has 4 rings (SSSR count). The molecule has 30 heavy (non-hydrogen) atoms. The van der Waals surface area contributed by atoms with Crippen LogP contribution in [0.4, 0.5) is 5.69 Å². The van der Waals surface area contributed by atoms with E-state index in [1.54, 1.807) is 38.5 Å². The van der Waals surface area contributed by atoms with E-state index in [1.165, 1.54) is 12.0 Å². The monoisotopic (exact) mass is 425 g/mol. The zero-order valence-corrected chi connectivity index (χ0v) is 18.1. The Balaban J connectivity index is 1.64. The summed E-state index contributed by atoms with van der Waals surface area (Å²) in [5.74, 6) is 2.07. The van der Waals surface area contributed by atoms with Gasteiger partial charge in [-0.1, -0.05) is 11.6 Å². The maximum Gasteiger partial charge on any atom is 0.248 e. The highest BCUT2D eigenvalue weighted by Gasteiger charge is 2.20. The van der Waals surface area contributed by atoms with Gasteiger partial charge in [0.1, 0.15) is 22.8 Å². The number of rotatable bonds is 5. The minimum Gasteiger partial charge on any atom is -0.496 e. The van der Waals surface area contributed by atoms with Crippen LogP contribution in [0.1, 0.15) is 36.7 Å².